The van der Waals surface area contributed by atoms with Crippen LogP contribution in [0.15, 0.2) is 36.5 Å². The monoisotopic (exact) mass is 262 g/mol. The third-order valence-electron chi connectivity index (χ3n) is 2.75. The number of aromatic nitrogens is 1. The Morgan fingerprint density at radius 2 is 2.22 bits per heavy atom. The molecule has 0 radical (unpaired) electrons. The Morgan fingerprint density at radius 3 is 2.89 bits per heavy atom. The highest BCUT2D eigenvalue weighted by Crippen LogP contribution is 2.19. The average molecular weight is 263 g/mol. The predicted molar refractivity (Wildman–Crippen MR) is 73.9 cm³/mol. The minimum Gasteiger partial charge on any atom is -0.365 e. The molecule has 0 bridgehead atoms. The van der Waals surface area contributed by atoms with Crippen LogP contribution in [0.25, 0.3) is 0 Å². The van der Waals surface area contributed by atoms with Crippen molar-refractivity contribution in [2.75, 3.05) is 5.32 Å². The van der Waals surface area contributed by atoms with Gasteiger partial charge < -0.3 is 10.3 Å². The van der Waals surface area contributed by atoms with E-state index in [0.717, 1.165) is 16.9 Å². The number of anilines is 1. The fourth-order valence-electron chi connectivity index (χ4n) is 1.75. The predicted octanol–water partition coefficient (Wildman–Crippen LogP) is 3.55. The molecule has 0 aliphatic heterocycles. The molecule has 0 aliphatic carbocycles. The second-order valence-electron chi connectivity index (χ2n) is 4.20. The number of hydrogen-bond donors (Lipinski definition) is 2. The first-order valence-electron chi connectivity index (χ1n) is 5.83. The number of H-pyrrole nitrogens is 1. The first kappa shape index (κ1) is 12.7. The van der Waals surface area contributed by atoms with Crippen molar-refractivity contribution in [2.24, 2.45) is 0 Å². The zero-order valence-electron chi connectivity index (χ0n) is 10.2. The lowest BCUT2D eigenvalue weighted by Gasteiger charge is -2.08. The normalized spacial score (nSPS) is 10.3. The lowest BCUT2D eigenvalue weighted by molar-refractivity contribution is -0.116. The van der Waals surface area contributed by atoms with Crippen LogP contribution in [0, 0.1) is 6.92 Å². The summed E-state index contributed by atoms with van der Waals surface area (Å²) in [6.45, 7) is 1.92. The summed E-state index contributed by atoms with van der Waals surface area (Å²) < 4.78 is 0. The van der Waals surface area contributed by atoms with Gasteiger partial charge >= 0.3 is 0 Å². The van der Waals surface area contributed by atoms with Crippen molar-refractivity contribution in [3.8, 4) is 0 Å². The van der Waals surface area contributed by atoms with E-state index in [2.05, 4.69) is 10.3 Å². The number of rotatable bonds is 4. The van der Waals surface area contributed by atoms with Crippen molar-refractivity contribution in [3.63, 3.8) is 0 Å². The number of halogens is 1. The van der Waals surface area contributed by atoms with Crippen LogP contribution >= 0.6 is 11.6 Å². The Hall–Kier alpha value is -1.74. The number of amides is 1. The van der Waals surface area contributed by atoms with E-state index < -0.39 is 0 Å². The molecule has 18 heavy (non-hydrogen) atoms. The zero-order chi connectivity index (χ0) is 13.0. The second kappa shape index (κ2) is 5.74. The summed E-state index contributed by atoms with van der Waals surface area (Å²) in [5.41, 5.74) is 2.85. The lowest BCUT2D eigenvalue weighted by Crippen LogP contribution is -2.13. The summed E-state index contributed by atoms with van der Waals surface area (Å²) >= 11 is 5.87. The minimum atomic E-state index is 0.00928. The molecular formula is C14H15ClN2O. The van der Waals surface area contributed by atoms with Crippen LogP contribution in [0.3, 0.4) is 0 Å². The largest absolute Gasteiger partial charge is 0.365 e. The fourth-order valence-corrected chi connectivity index (χ4v) is 1.98. The molecule has 0 fully saturated rings. The summed E-state index contributed by atoms with van der Waals surface area (Å²) in [5.74, 6) is 0.00928. The van der Waals surface area contributed by atoms with Crippen LogP contribution in [0.5, 0.6) is 0 Å². The Balaban J connectivity index is 1.91. The van der Waals surface area contributed by atoms with Crippen molar-refractivity contribution in [3.05, 3.63) is 52.8 Å². The number of carbonyl (C=O) groups is 1. The van der Waals surface area contributed by atoms with Gasteiger partial charge in [0.1, 0.15) is 0 Å². The smallest absolute Gasteiger partial charge is 0.224 e. The van der Waals surface area contributed by atoms with E-state index in [1.165, 1.54) is 0 Å². The Morgan fingerprint density at radius 1 is 1.39 bits per heavy atom. The standard InChI is InChI=1S/C14H15ClN2O/c1-10-9-11(15)4-6-13(10)17-14(18)7-5-12-3-2-8-16-12/h2-4,6,8-9,16H,5,7H2,1H3,(H,17,18). The van der Waals surface area contributed by atoms with Gasteiger partial charge in [-0.3, -0.25) is 4.79 Å². The Kier molecular flexibility index (Phi) is 4.05. The molecule has 0 spiro atoms. The molecular weight excluding hydrogens is 248 g/mol. The molecule has 0 saturated carbocycles. The number of aryl methyl sites for hydroxylation is 2. The first-order chi connectivity index (χ1) is 8.65. The van der Waals surface area contributed by atoms with E-state index in [-0.39, 0.29) is 5.91 Å². The van der Waals surface area contributed by atoms with Crippen LogP contribution < -0.4 is 5.32 Å². The molecule has 0 atom stereocenters. The highest BCUT2D eigenvalue weighted by molar-refractivity contribution is 6.30. The van der Waals surface area contributed by atoms with Crippen molar-refractivity contribution in [1.82, 2.24) is 4.98 Å². The summed E-state index contributed by atoms with van der Waals surface area (Å²) in [4.78, 5) is 14.9. The van der Waals surface area contributed by atoms with Gasteiger partial charge in [-0.05, 0) is 49.2 Å². The molecule has 1 heterocycles. The maximum absolute atomic E-state index is 11.8. The molecule has 0 saturated heterocycles. The van der Waals surface area contributed by atoms with Crippen LogP contribution in [0.2, 0.25) is 5.02 Å². The number of nitrogens with one attached hydrogen (secondary N) is 2. The van der Waals surface area contributed by atoms with E-state index >= 15 is 0 Å². The number of benzene rings is 1. The maximum Gasteiger partial charge on any atom is 0.224 e. The number of hydrogen-bond acceptors (Lipinski definition) is 1. The van der Waals surface area contributed by atoms with Gasteiger partial charge in [0, 0.05) is 29.0 Å². The van der Waals surface area contributed by atoms with Gasteiger partial charge in [-0.15, -0.1) is 0 Å². The maximum atomic E-state index is 11.8. The van der Waals surface area contributed by atoms with E-state index in [1.807, 2.05) is 37.4 Å². The molecule has 1 aromatic heterocycles. The van der Waals surface area contributed by atoms with E-state index in [1.54, 1.807) is 6.07 Å². The molecule has 2 rings (SSSR count). The Labute approximate surface area is 111 Å². The third-order valence-corrected chi connectivity index (χ3v) is 2.98. The van der Waals surface area contributed by atoms with Gasteiger partial charge in [0.2, 0.25) is 5.91 Å². The SMILES string of the molecule is Cc1cc(Cl)ccc1NC(=O)CCc1ccc[nH]1. The molecule has 0 unspecified atom stereocenters. The highest BCUT2D eigenvalue weighted by Gasteiger charge is 2.05. The van der Waals surface area contributed by atoms with Gasteiger partial charge in [-0.25, -0.2) is 0 Å². The molecule has 94 valence electrons. The average Bonchev–Trinajstić information content (AvgIpc) is 2.83. The first-order valence-corrected chi connectivity index (χ1v) is 6.21. The molecule has 2 aromatic rings. The van der Waals surface area contributed by atoms with Gasteiger partial charge in [0.05, 0.1) is 0 Å². The molecule has 2 N–H and O–H groups in total. The van der Waals surface area contributed by atoms with E-state index in [0.29, 0.717) is 17.9 Å². The number of aromatic amines is 1. The summed E-state index contributed by atoms with van der Waals surface area (Å²) in [6.07, 6.45) is 3.03. The van der Waals surface area contributed by atoms with Gasteiger partial charge in [0.25, 0.3) is 0 Å². The quantitative estimate of drug-likeness (QED) is 0.870. The lowest BCUT2D eigenvalue weighted by atomic mass is 10.2. The van der Waals surface area contributed by atoms with Crippen LogP contribution in [0.4, 0.5) is 5.69 Å². The summed E-state index contributed by atoms with van der Waals surface area (Å²) in [6, 6.07) is 9.33. The second-order valence-corrected chi connectivity index (χ2v) is 4.64. The van der Waals surface area contributed by atoms with Crippen LogP contribution in [-0.4, -0.2) is 10.9 Å². The number of carbonyl (C=O) groups excluding carboxylic acids is 1. The minimum absolute atomic E-state index is 0.00928. The fraction of sp³-hybridized carbons (Fsp3) is 0.214. The third kappa shape index (κ3) is 3.37. The molecule has 3 nitrogen and oxygen atoms in total. The molecule has 0 aliphatic rings. The Bertz CT molecular complexity index is 535. The van der Waals surface area contributed by atoms with E-state index in [9.17, 15) is 4.79 Å². The highest BCUT2D eigenvalue weighted by atomic mass is 35.5. The van der Waals surface area contributed by atoms with Crippen molar-refractivity contribution in [2.45, 2.75) is 19.8 Å². The van der Waals surface area contributed by atoms with Crippen LogP contribution in [0.1, 0.15) is 17.7 Å². The molecule has 1 aromatic carbocycles. The van der Waals surface area contributed by atoms with Gasteiger partial charge in [0.15, 0.2) is 0 Å². The summed E-state index contributed by atoms with van der Waals surface area (Å²) in [5, 5.41) is 3.57. The topological polar surface area (TPSA) is 44.9 Å². The molecule has 1 amide bonds. The van der Waals surface area contributed by atoms with Gasteiger partial charge in [-0.2, -0.15) is 0 Å². The summed E-state index contributed by atoms with van der Waals surface area (Å²) in [7, 11) is 0. The van der Waals surface area contributed by atoms with Crippen molar-refractivity contribution < 1.29 is 4.79 Å². The van der Waals surface area contributed by atoms with Crippen molar-refractivity contribution in [1.29, 1.82) is 0 Å². The van der Waals surface area contributed by atoms with Gasteiger partial charge in [-0.1, -0.05) is 11.6 Å². The van der Waals surface area contributed by atoms with Crippen molar-refractivity contribution >= 4 is 23.2 Å². The molecule has 4 heteroatoms. The van der Waals surface area contributed by atoms with E-state index in [4.69, 9.17) is 11.6 Å². The van der Waals surface area contributed by atoms with Crippen LogP contribution in [-0.2, 0) is 11.2 Å². The zero-order valence-corrected chi connectivity index (χ0v) is 10.9.